The molecule has 1 aliphatic rings. The first-order valence-corrected chi connectivity index (χ1v) is 3.78. The molecule has 0 unspecified atom stereocenters. The van der Waals surface area contributed by atoms with Gasteiger partial charge in [0.2, 0.25) is 0 Å². The molecular weight excluding hydrogens is 158 g/mol. The van der Waals surface area contributed by atoms with Gasteiger partial charge in [-0.15, -0.1) is 0 Å². The summed E-state index contributed by atoms with van der Waals surface area (Å²) in [5, 5.41) is 8.62. The largest absolute Gasteiger partial charge is 0.488 e. The molecule has 0 aliphatic carbocycles. The molecule has 2 rings (SSSR count). The highest BCUT2D eigenvalue weighted by atomic mass is 16.5. The van der Waals surface area contributed by atoms with Crippen molar-refractivity contribution in [3.8, 4) is 5.75 Å². The van der Waals surface area contributed by atoms with Gasteiger partial charge in [0, 0.05) is 12.5 Å². The number of H-pyrrole nitrogens is 1. The van der Waals surface area contributed by atoms with Crippen molar-refractivity contribution in [3.05, 3.63) is 17.5 Å². The minimum absolute atomic E-state index is 0.161. The highest BCUT2D eigenvalue weighted by Crippen LogP contribution is 2.28. The van der Waals surface area contributed by atoms with Gasteiger partial charge in [0.05, 0.1) is 5.69 Å². The third kappa shape index (κ3) is 0.958. The molecule has 0 saturated carbocycles. The Morgan fingerprint density at radius 3 is 3.17 bits per heavy atom. The van der Waals surface area contributed by atoms with Crippen molar-refractivity contribution in [1.82, 2.24) is 4.98 Å². The number of fused-ring (bicyclic) bond motifs is 1. The summed E-state index contributed by atoms with van der Waals surface area (Å²) in [6, 6.07) is 1.53. The molecule has 0 saturated heterocycles. The van der Waals surface area contributed by atoms with E-state index < -0.39 is 5.97 Å². The van der Waals surface area contributed by atoms with Crippen LogP contribution in [-0.4, -0.2) is 22.2 Å². The maximum absolute atomic E-state index is 10.5. The molecule has 0 aromatic carbocycles. The second-order valence-electron chi connectivity index (χ2n) is 2.96. The Labute approximate surface area is 69.2 Å². The van der Waals surface area contributed by atoms with Crippen molar-refractivity contribution in [2.24, 2.45) is 0 Å². The Balaban J connectivity index is 2.34. The van der Waals surface area contributed by atoms with Gasteiger partial charge in [0.1, 0.15) is 17.5 Å². The van der Waals surface area contributed by atoms with Crippen LogP contribution < -0.4 is 4.74 Å². The molecule has 4 nitrogen and oxygen atoms in total. The molecular formula is C8H9NO3. The maximum Gasteiger partial charge on any atom is 0.352 e. The van der Waals surface area contributed by atoms with E-state index in [9.17, 15) is 4.79 Å². The summed E-state index contributed by atoms with van der Waals surface area (Å²) < 4.78 is 5.34. The van der Waals surface area contributed by atoms with Crippen molar-refractivity contribution in [2.75, 3.05) is 0 Å². The van der Waals surface area contributed by atoms with Crippen molar-refractivity contribution < 1.29 is 14.6 Å². The van der Waals surface area contributed by atoms with Crippen LogP contribution in [0.1, 0.15) is 23.1 Å². The number of carboxylic acids is 1. The second-order valence-corrected chi connectivity index (χ2v) is 2.96. The second kappa shape index (κ2) is 2.27. The van der Waals surface area contributed by atoms with Gasteiger partial charge in [-0.25, -0.2) is 4.79 Å². The number of hydrogen-bond acceptors (Lipinski definition) is 2. The standard InChI is InChI=1S/C8H9NO3/c1-4-2-5-7(12-4)3-6(9-5)8(10)11/h3-4,9H,2H2,1H3,(H,10,11)/t4-/m0/s1. The first kappa shape index (κ1) is 7.21. The van der Waals surface area contributed by atoms with E-state index in [1.165, 1.54) is 6.07 Å². The zero-order valence-corrected chi connectivity index (χ0v) is 6.63. The van der Waals surface area contributed by atoms with Gasteiger partial charge >= 0.3 is 5.97 Å². The summed E-state index contributed by atoms with van der Waals surface area (Å²) in [7, 11) is 0. The number of aromatic nitrogens is 1. The number of ether oxygens (including phenoxy) is 1. The molecule has 0 fully saturated rings. The fraction of sp³-hybridized carbons (Fsp3) is 0.375. The van der Waals surface area contributed by atoms with Gasteiger partial charge in [-0.3, -0.25) is 0 Å². The third-order valence-electron chi connectivity index (χ3n) is 1.91. The summed E-state index contributed by atoms with van der Waals surface area (Å²) in [6.45, 7) is 1.95. The van der Waals surface area contributed by atoms with Gasteiger partial charge in [0.25, 0.3) is 0 Å². The van der Waals surface area contributed by atoms with E-state index in [0.717, 1.165) is 12.1 Å². The van der Waals surface area contributed by atoms with Crippen molar-refractivity contribution in [2.45, 2.75) is 19.4 Å². The maximum atomic E-state index is 10.5. The first-order chi connectivity index (χ1) is 5.66. The van der Waals surface area contributed by atoms with E-state index in [1.807, 2.05) is 6.92 Å². The van der Waals surface area contributed by atoms with Crippen molar-refractivity contribution in [1.29, 1.82) is 0 Å². The van der Waals surface area contributed by atoms with Crippen LogP contribution in [0.2, 0.25) is 0 Å². The quantitative estimate of drug-likeness (QED) is 0.656. The number of carbonyl (C=O) groups is 1. The smallest absolute Gasteiger partial charge is 0.352 e. The summed E-state index contributed by atoms with van der Waals surface area (Å²) in [5.74, 6) is -0.263. The van der Waals surface area contributed by atoms with E-state index in [1.54, 1.807) is 0 Å². The summed E-state index contributed by atoms with van der Waals surface area (Å²) >= 11 is 0. The van der Waals surface area contributed by atoms with Crippen LogP contribution in [0.15, 0.2) is 6.07 Å². The monoisotopic (exact) mass is 167 g/mol. The van der Waals surface area contributed by atoms with Crippen molar-refractivity contribution >= 4 is 5.97 Å². The lowest BCUT2D eigenvalue weighted by molar-refractivity contribution is 0.0690. The normalized spacial score (nSPS) is 20.2. The zero-order valence-electron chi connectivity index (χ0n) is 6.63. The number of hydrogen-bond donors (Lipinski definition) is 2. The van der Waals surface area contributed by atoms with Crippen LogP contribution in [0.4, 0.5) is 0 Å². The van der Waals surface area contributed by atoms with Gasteiger partial charge in [-0.05, 0) is 6.92 Å². The van der Waals surface area contributed by atoms with Crippen LogP contribution >= 0.6 is 0 Å². The van der Waals surface area contributed by atoms with E-state index in [0.29, 0.717) is 5.75 Å². The number of rotatable bonds is 1. The third-order valence-corrected chi connectivity index (χ3v) is 1.91. The molecule has 4 heteroatoms. The Bertz CT molecular complexity index is 306. The lowest BCUT2D eigenvalue weighted by Crippen LogP contribution is -2.07. The van der Waals surface area contributed by atoms with Crippen LogP contribution in [0.5, 0.6) is 5.75 Å². The lowest BCUT2D eigenvalue weighted by Gasteiger charge is -2.00. The van der Waals surface area contributed by atoms with Gasteiger partial charge in [-0.2, -0.15) is 0 Å². The molecule has 2 N–H and O–H groups in total. The van der Waals surface area contributed by atoms with Gasteiger partial charge in [-0.1, -0.05) is 0 Å². The Kier molecular flexibility index (Phi) is 1.36. The molecule has 12 heavy (non-hydrogen) atoms. The molecule has 0 radical (unpaired) electrons. The van der Waals surface area contributed by atoms with E-state index in [2.05, 4.69) is 4.98 Å². The average molecular weight is 167 g/mol. The molecule has 64 valence electrons. The van der Waals surface area contributed by atoms with E-state index in [4.69, 9.17) is 9.84 Å². The number of carboxylic acid groups (broad SMARTS) is 1. The van der Waals surface area contributed by atoms with Gasteiger partial charge in [0.15, 0.2) is 0 Å². The van der Waals surface area contributed by atoms with Gasteiger partial charge < -0.3 is 14.8 Å². The molecule has 1 atom stereocenters. The molecule has 0 amide bonds. The fourth-order valence-corrected chi connectivity index (χ4v) is 1.40. The van der Waals surface area contributed by atoms with Crippen molar-refractivity contribution in [3.63, 3.8) is 0 Å². The number of aromatic amines is 1. The molecule has 1 aromatic rings. The predicted molar refractivity (Wildman–Crippen MR) is 41.5 cm³/mol. The Morgan fingerprint density at radius 2 is 2.58 bits per heavy atom. The zero-order chi connectivity index (χ0) is 8.72. The molecule has 0 spiro atoms. The van der Waals surface area contributed by atoms with Crippen LogP contribution in [-0.2, 0) is 6.42 Å². The topological polar surface area (TPSA) is 62.3 Å². The fourth-order valence-electron chi connectivity index (χ4n) is 1.40. The first-order valence-electron chi connectivity index (χ1n) is 3.78. The predicted octanol–water partition coefficient (Wildman–Crippen LogP) is 1.04. The summed E-state index contributed by atoms with van der Waals surface area (Å²) in [6.07, 6.45) is 0.928. The summed E-state index contributed by atoms with van der Waals surface area (Å²) in [5.41, 5.74) is 1.09. The van der Waals surface area contributed by atoms with Crippen LogP contribution in [0, 0.1) is 0 Å². The Hall–Kier alpha value is -1.45. The Morgan fingerprint density at radius 1 is 1.83 bits per heavy atom. The minimum atomic E-state index is -0.944. The molecule has 1 aromatic heterocycles. The summed E-state index contributed by atoms with van der Waals surface area (Å²) in [4.78, 5) is 13.3. The highest BCUT2D eigenvalue weighted by Gasteiger charge is 2.23. The lowest BCUT2D eigenvalue weighted by atomic mass is 10.2. The molecule has 1 aliphatic heterocycles. The average Bonchev–Trinajstić information content (AvgIpc) is 2.42. The molecule has 2 heterocycles. The van der Waals surface area contributed by atoms with E-state index >= 15 is 0 Å². The van der Waals surface area contributed by atoms with Crippen LogP contribution in [0.3, 0.4) is 0 Å². The SMILES string of the molecule is C[C@H]1Cc2[nH]c(C(=O)O)cc2O1. The van der Waals surface area contributed by atoms with Crippen LogP contribution in [0.25, 0.3) is 0 Å². The number of nitrogens with one attached hydrogen (secondary N) is 1. The van der Waals surface area contributed by atoms with E-state index in [-0.39, 0.29) is 11.8 Å². The molecule has 0 bridgehead atoms. The minimum Gasteiger partial charge on any atom is -0.488 e. The number of aromatic carboxylic acids is 1. The highest BCUT2D eigenvalue weighted by molar-refractivity contribution is 5.86.